The Bertz CT molecular complexity index is 796. The molecule has 2 N–H and O–H groups in total. The zero-order valence-corrected chi connectivity index (χ0v) is 11.6. The molecular weight excluding hydrogens is 276 g/mol. The van der Waals surface area contributed by atoms with Crippen LogP contribution in [0.1, 0.15) is 6.92 Å². The van der Waals surface area contributed by atoms with Crippen molar-refractivity contribution < 1.29 is 10.2 Å². The Labute approximate surface area is 120 Å². The summed E-state index contributed by atoms with van der Waals surface area (Å²) in [7, 11) is 0. The molecule has 0 radical (unpaired) electrons. The predicted octanol–water partition coefficient (Wildman–Crippen LogP) is 3.79. The number of phenols is 2. The van der Waals surface area contributed by atoms with Crippen LogP contribution in [0.2, 0.25) is 5.02 Å². The molecule has 0 saturated carbocycles. The molecule has 4 nitrogen and oxygen atoms in total. The standard InChI is InChI=1S/C15H13ClN2O2/c1-2-18-12-8-10(16)4-5-11(12)17-15(18)9-3-6-13(19)14(20)7-9/h3-8,19-20H,2H2,1H3. The minimum Gasteiger partial charge on any atom is -0.504 e. The van der Waals surface area contributed by atoms with Crippen LogP contribution in [0.5, 0.6) is 11.5 Å². The van der Waals surface area contributed by atoms with Crippen LogP contribution in [0.15, 0.2) is 36.4 Å². The van der Waals surface area contributed by atoms with Crippen molar-refractivity contribution in [3.8, 4) is 22.9 Å². The number of rotatable bonds is 2. The molecule has 2 aromatic carbocycles. The summed E-state index contributed by atoms with van der Waals surface area (Å²) in [6, 6.07) is 10.2. The maximum absolute atomic E-state index is 9.64. The molecule has 0 fully saturated rings. The van der Waals surface area contributed by atoms with Gasteiger partial charge in [0.25, 0.3) is 0 Å². The second kappa shape index (κ2) is 4.72. The van der Waals surface area contributed by atoms with Crippen LogP contribution in [0.3, 0.4) is 0 Å². The number of fused-ring (bicyclic) bond motifs is 1. The lowest BCUT2D eigenvalue weighted by Crippen LogP contribution is -1.97. The van der Waals surface area contributed by atoms with Crippen molar-refractivity contribution in [3.63, 3.8) is 0 Å². The molecule has 0 bridgehead atoms. The van der Waals surface area contributed by atoms with Crippen molar-refractivity contribution in [3.05, 3.63) is 41.4 Å². The van der Waals surface area contributed by atoms with E-state index in [1.807, 2.05) is 23.6 Å². The van der Waals surface area contributed by atoms with E-state index in [1.54, 1.807) is 12.1 Å². The summed E-state index contributed by atoms with van der Waals surface area (Å²) < 4.78 is 2.02. The summed E-state index contributed by atoms with van der Waals surface area (Å²) in [5.41, 5.74) is 2.54. The molecule has 1 aromatic heterocycles. The number of nitrogens with zero attached hydrogens (tertiary/aromatic N) is 2. The number of hydrogen-bond donors (Lipinski definition) is 2. The fourth-order valence-electron chi connectivity index (χ4n) is 2.30. The van der Waals surface area contributed by atoms with Gasteiger partial charge in [-0.15, -0.1) is 0 Å². The Morgan fingerprint density at radius 1 is 1.10 bits per heavy atom. The van der Waals surface area contributed by atoms with Crippen molar-refractivity contribution in [1.82, 2.24) is 9.55 Å². The Kier molecular flexibility index (Phi) is 3.03. The number of hydrogen-bond acceptors (Lipinski definition) is 3. The van der Waals surface area contributed by atoms with Crippen LogP contribution in [-0.2, 0) is 6.54 Å². The van der Waals surface area contributed by atoms with E-state index in [0.717, 1.165) is 29.0 Å². The molecule has 0 aliphatic rings. The van der Waals surface area contributed by atoms with Gasteiger partial charge in [-0.25, -0.2) is 4.98 Å². The van der Waals surface area contributed by atoms with Gasteiger partial charge in [0, 0.05) is 17.1 Å². The first-order chi connectivity index (χ1) is 9.60. The molecule has 1 heterocycles. The lowest BCUT2D eigenvalue weighted by Gasteiger charge is -2.07. The van der Waals surface area contributed by atoms with E-state index in [-0.39, 0.29) is 11.5 Å². The minimum atomic E-state index is -0.157. The van der Waals surface area contributed by atoms with E-state index in [1.165, 1.54) is 12.1 Å². The summed E-state index contributed by atoms with van der Waals surface area (Å²) in [6.07, 6.45) is 0. The Hall–Kier alpha value is -2.20. The lowest BCUT2D eigenvalue weighted by molar-refractivity contribution is 0.404. The zero-order chi connectivity index (χ0) is 14.3. The van der Waals surface area contributed by atoms with Gasteiger partial charge in [-0.1, -0.05) is 11.6 Å². The van der Waals surface area contributed by atoms with Crippen LogP contribution < -0.4 is 0 Å². The normalized spacial score (nSPS) is 11.1. The number of imidazole rings is 1. The fraction of sp³-hybridized carbons (Fsp3) is 0.133. The van der Waals surface area contributed by atoms with E-state index in [9.17, 15) is 10.2 Å². The van der Waals surface area contributed by atoms with Crippen LogP contribution in [0.25, 0.3) is 22.4 Å². The molecule has 0 atom stereocenters. The predicted molar refractivity (Wildman–Crippen MR) is 79.2 cm³/mol. The maximum Gasteiger partial charge on any atom is 0.158 e. The largest absolute Gasteiger partial charge is 0.504 e. The van der Waals surface area contributed by atoms with Gasteiger partial charge < -0.3 is 14.8 Å². The van der Waals surface area contributed by atoms with Gasteiger partial charge in [-0.05, 0) is 43.3 Å². The summed E-state index contributed by atoms with van der Waals surface area (Å²) in [5, 5.41) is 19.7. The second-order valence-electron chi connectivity index (χ2n) is 4.52. The summed E-state index contributed by atoms with van der Waals surface area (Å²) in [5.74, 6) is 0.436. The molecule has 0 spiro atoms. The van der Waals surface area contributed by atoms with Crippen LogP contribution in [0.4, 0.5) is 0 Å². The highest BCUT2D eigenvalue weighted by Crippen LogP contribution is 2.32. The van der Waals surface area contributed by atoms with Gasteiger partial charge in [-0.2, -0.15) is 0 Å². The minimum absolute atomic E-state index is 0.143. The number of aromatic nitrogens is 2. The Morgan fingerprint density at radius 3 is 2.60 bits per heavy atom. The molecule has 0 saturated heterocycles. The number of benzene rings is 2. The molecule has 0 amide bonds. The summed E-state index contributed by atoms with van der Waals surface area (Å²) in [6.45, 7) is 2.75. The monoisotopic (exact) mass is 288 g/mol. The van der Waals surface area contributed by atoms with E-state index in [0.29, 0.717) is 5.02 Å². The van der Waals surface area contributed by atoms with E-state index in [4.69, 9.17) is 11.6 Å². The number of aromatic hydroxyl groups is 2. The third-order valence-corrected chi connectivity index (χ3v) is 3.50. The van der Waals surface area contributed by atoms with E-state index < -0.39 is 0 Å². The van der Waals surface area contributed by atoms with Crippen LogP contribution >= 0.6 is 11.6 Å². The Balaban J connectivity index is 2.27. The van der Waals surface area contributed by atoms with Gasteiger partial charge in [0.05, 0.1) is 11.0 Å². The average Bonchev–Trinajstić information content (AvgIpc) is 2.79. The molecule has 0 aliphatic carbocycles. The van der Waals surface area contributed by atoms with Gasteiger partial charge in [0.15, 0.2) is 11.5 Å². The number of halogens is 1. The van der Waals surface area contributed by atoms with Gasteiger partial charge in [0.1, 0.15) is 5.82 Å². The third kappa shape index (κ3) is 1.98. The molecule has 3 rings (SSSR count). The highest BCUT2D eigenvalue weighted by molar-refractivity contribution is 6.31. The van der Waals surface area contributed by atoms with E-state index in [2.05, 4.69) is 4.98 Å². The van der Waals surface area contributed by atoms with Crippen LogP contribution in [0, 0.1) is 0 Å². The van der Waals surface area contributed by atoms with Crippen molar-refractivity contribution >= 4 is 22.6 Å². The summed E-state index contributed by atoms with van der Waals surface area (Å²) >= 11 is 6.03. The van der Waals surface area contributed by atoms with Crippen molar-refractivity contribution in [2.45, 2.75) is 13.5 Å². The van der Waals surface area contributed by atoms with E-state index >= 15 is 0 Å². The van der Waals surface area contributed by atoms with Gasteiger partial charge >= 0.3 is 0 Å². The number of aryl methyl sites for hydroxylation is 1. The first-order valence-corrected chi connectivity index (χ1v) is 6.66. The molecular formula is C15H13ClN2O2. The quantitative estimate of drug-likeness (QED) is 0.705. The average molecular weight is 289 g/mol. The van der Waals surface area contributed by atoms with Crippen molar-refractivity contribution in [2.75, 3.05) is 0 Å². The zero-order valence-electron chi connectivity index (χ0n) is 10.8. The molecule has 0 unspecified atom stereocenters. The van der Waals surface area contributed by atoms with Crippen molar-refractivity contribution in [2.24, 2.45) is 0 Å². The first-order valence-electron chi connectivity index (χ1n) is 6.28. The van der Waals surface area contributed by atoms with Crippen LogP contribution in [-0.4, -0.2) is 19.8 Å². The highest BCUT2D eigenvalue weighted by atomic mass is 35.5. The number of phenolic OH excluding ortho intramolecular Hbond substituents is 2. The highest BCUT2D eigenvalue weighted by Gasteiger charge is 2.13. The SMILES string of the molecule is CCn1c(-c2ccc(O)c(O)c2)nc2ccc(Cl)cc21. The third-order valence-electron chi connectivity index (χ3n) is 3.26. The fourth-order valence-corrected chi connectivity index (χ4v) is 2.47. The molecule has 0 aliphatic heterocycles. The van der Waals surface area contributed by atoms with Crippen molar-refractivity contribution in [1.29, 1.82) is 0 Å². The topological polar surface area (TPSA) is 58.3 Å². The van der Waals surface area contributed by atoms with Gasteiger partial charge in [-0.3, -0.25) is 0 Å². The van der Waals surface area contributed by atoms with Gasteiger partial charge in [0.2, 0.25) is 0 Å². The molecule has 102 valence electrons. The molecule has 3 aromatic rings. The maximum atomic E-state index is 9.64. The molecule has 20 heavy (non-hydrogen) atoms. The Morgan fingerprint density at radius 2 is 1.90 bits per heavy atom. The molecule has 5 heteroatoms. The lowest BCUT2D eigenvalue weighted by atomic mass is 10.2. The smallest absolute Gasteiger partial charge is 0.158 e. The summed E-state index contributed by atoms with van der Waals surface area (Å²) in [4.78, 5) is 4.58. The second-order valence-corrected chi connectivity index (χ2v) is 4.95. The first kappa shape index (κ1) is 12.8.